The predicted octanol–water partition coefficient (Wildman–Crippen LogP) is 6.10. The fourth-order valence-corrected chi connectivity index (χ4v) is 4.69. The molecule has 0 aliphatic heterocycles. The molecule has 4 rings (SSSR count). The lowest BCUT2D eigenvalue weighted by Gasteiger charge is -2.20. The molecule has 0 saturated heterocycles. The number of carbonyl (C=O) groups is 1. The minimum atomic E-state index is -4.84. The van der Waals surface area contributed by atoms with Crippen LogP contribution in [0.1, 0.15) is 45.2 Å². The Labute approximate surface area is 204 Å². The van der Waals surface area contributed by atoms with Crippen LogP contribution < -0.4 is 5.32 Å². The van der Waals surface area contributed by atoms with E-state index >= 15 is 0 Å². The molecule has 1 amide bonds. The first-order chi connectivity index (χ1) is 16.3. The molecule has 11 heteroatoms. The molecule has 1 aliphatic rings. The lowest BCUT2D eigenvalue weighted by Crippen LogP contribution is -2.36. The van der Waals surface area contributed by atoms with Crippen molar-refractivity contribution in [1.29, 1.82) is 0 Å². The van der Waals surface area contributed by atoms with Crippen molar-refractivity contribution in [2.45, 2.75) is 63.9 Å². The lowest BCUT2D eigenvalue weighted by molar-refractivity contribution is -0.144. The molecule has 0 radical (unpaired) electrons. The van der Waals surface area contributed by atoms with Crippen molar-refractivity contribution in [2.75, 3.05) is 0 Å². The Kier molecular flexibility index (Phi) is 6.72. The molecule has 1 aliphatic carbocycles. The van der Waals surface area contributed by atoms with Gasteiger partial charge in [0.2, 0.25) is 0 Å². The highest BCUT2D eigenvalue weighted by Crippen LogP contribution is 2.40. The lowest BCUT2D eigenvalue weighted by atomic mass is 10.1. The third kappa shape index (κ3) is 5.38. The summed E-state index contributed by atoms with van der Waals surface area (Å²) in [5, 5.41) is 16.9. The fraction of sp³-hybridized carbons (Fsp3) is 0.417. The van der Waals surface area contributed by atoms with E-state index in [1.54, 1.807) is 0 Å². The first kappa shape index (κ1) is 25.2. The monoisotopic (exact) mass is 512 g/mol. The maximum absolute atomic E-state index is 14.6. The summed E-state index contributed by atoms with van der Waals surface area (Å²) in [4.78, 5) is 13.2. The zero-order valence-electron chi connectivity index (χ0n) is 19.2. The highest BCUT2D eigenvalue weighted by Gasteiger charge is 2.40. The summed E-state index contributed by atoms with van der Waals surface area (Å²) in [5.41, 5.74) is -2.98. The maximum Gasteiger partial charge on any atom is 0.433 e. The normalized spacial score (nSPS) is 15.1. The number of alkyl halides is 3. The van der Waals surface area contributed by atoms with Gasteiger partial charge in [0.25, 0.3) is 0 Å². The number of carbonyl (C=O) groups excluding carboxylic acids is 1. The molecule has 1 saturated carbocycles. The van der Waals surface area contributed by atoms with Gasteiger partial charge < -0.3 is 10.4 Å². The Morgan fingerprint density at radius 3 is 2.54 bits per heavy atom. The number of hydrogen-bond acceptors (Lipinski definition) is 3. The van der Waals surface area contributed by atoms with Crippen LogP contribution in [0.4, 0.5) is 22.4 Å². The molecular weight excluding hydrogens is 488 g/mol. The van der Waals surface area contributed by atoms with Gasteiger partial charge in [0, 0.05) is 28.9 Å². The van der Waals surface area contributed by atoms with Crippen molar-refractivity contribution in [1.82, 2.24) is 19.7 Å². The van der Waals surface area contributed by atoms with E-state index < -0.39 is 35.9 Å². The van der Waals surface area contributed by atoms with Crippen LogP contribution in [0.25, 0.3) is 22.4 Å². The number of benzene rings is 1. The van der Waals surface area contributed by atoms with Gasteiger partial charge in [-0.05, 0) is 44.9 Å². The summed E-state index contributed by atoms with van der Waals surface area (Å²) in [5.74, 6) is -0.675. The van der Waals surface area contributed by atoms with Gasteiger partial charge in [-0.3, -0.25) is 9.25 Å². The van der Waals surface area contributed by atoms with Crippen LogP contribution in [0.3, 0.4) is 0 Å². The summed E-state index contributed by atoms with van der Waals surface area (Å²) in [6.07, 6.45) is 0.859. The number of hydrogen-bond donors (Lipinski definition) is 2. The Balaban J connectivity index is 1.89. The third-order valence-electron chi connectivity index (χ3n) is 5.89. The largest absolute Gasteiger partial charge is 0.433 e. The Hall–Kier alpha value is -2.85. The molecule has 0 bridgehead atoms. The van der Waals surface area contributed by atoms with Gasteiger partial charge in [-0.25, -0.2) is 9.18 Å². The second-order valence-electron chi connectivity index (χ2n) is 9.39. The van der Waals surface area contributed by atoms with Crippen molar-refractivity contribution in [3.05, 3.63) is 53.2 Å². The van der Waals surface area contributed by atoms with Crippen LogP contribution in [0.2, 0.25) is 5.02 Å². The molecule has 1 aromatic carbocycles. The van der Waals surface area contributed by atoms with E-state index in [1.165, 1.54) is 44.3 Å². The molecule has 2 heterocycles. The summed E-state index contributed by atoms with van der Waals surface area (Å²) in [7, 11) is 0. The number of nitrogens with one attached hydrogen (secondary N) is 1. The third-order valence-corrected chi connectivity index (χ3v) is 6.21. The molecule has 1 fully saturated rings. The number of nitrogens with zero attached hydrogens (tertiary/aromatic N) is 3. The molecular formula is C24H25ClF4N4O2. The van der Waals surface area contributed by atoms with Crippen LogP contribution in [-0.2, 0) is 12.7 Å². The average Bonchev–Trinajstić information content (AvgIpc) is 3.45. The number of aliphatic hydroxyl groups is 1. The van der Waals surface area contributed by atoms with Crippen LogP contribution in [0.15, 0.2) is 36.7 Å². The minimum absolute atomic E-state index is 0.0275. The van der Waals surface area contributed by atoms with Crippen molar-refractivity contribution < 1.29 is 27.5 Å². The number of amides is 1. The van der Waals surface area contributed by atoms with E-state index in [4.69, 9.17) is 11.6 Å². The Morgan fingerprint density at radius 2 is 1.94 bits per heavy atom. The van der Waals surface area contributed by atoms with Gasteiger partial charge in [-0.2, -0.15) is 18.3 Å². The standard InChI is InChI=1S/C24H25ClF4N4O2/c1-23(2,35)13-33-21(24(27,28)29)16(11-30-33)19-10-14(20-17(25)8-5-9-18(20)26)12-32(19)22(34)31-15-6-3-4-7-15/h5,8-12,15,35H,3-4,6-7,13H2,1-2H3,(H,31,34). The van der Waals surface area contributed by atoms with Crippen LogP contribution >= 0.6 is 11.6 Å². The van der Waals surface area contributed by atoms with Gasteiger partial charge in [-0.15, -0.1) is 0 Å². The quantitative estimate of drug-likeness (QED) is 0.406. The summed E-state index contributed by atoms with van der Waals surface area (Å²) < 4.78 is 58.9. The van der Waals surface area contributed by atoms with E-state index in [0.717, 1.165) is 36.4 Å². The van der Waals surface area contributed by atoms with Gasteiger partial charge >= 0.3 is 12.2 Å². The van der Waals surface area contributed by atoms with Gasteiger partial charge in [0.1, 0.15) is 5.82 Å². The highest BCUT2D eigenvalue weighted by molar-refractivity contribution is 6.33. The van der Waals surface area contributed by atoms with E-state index in [9.17, 15) is 27.5 Å². The SMILES string of the molecule is CC(C)(O)Cn1ncc(-c2cc(-c3c(F)cccc3Cl)cn2C(=O)NC2CCCC2)c1C(F)(F)F. The van der Waals surface area contributed by atoms with Crippen LogP contribution in [0.5, 0.6) is 0 Å². The molecule has 2 N–H and O–H groups in total. The van der Waals surface area contributed by atoms with Gasteiger partial charge in [0.15, 0.2) is 5.69 Å². The van der Waals surface area contributed by atoms with E-state index in [2.05, 4.69) is 10.4 Å². The van der Waals surface area contributed by atoms with Gasteiger partial charge in [-0.1, -0.05) is 30.5 Å². The minimum Gasteiger partial charge on any atom is -0.389 e. The van der Waals surface area contributed by atoms with Crippen molar-refractivity contribution in [3.8, 4) is 22.4 Å². The van der Waals surface area contributed by atoms with E-state index in [0.29, 0.717) is 4.68 Å². The predicted molar refractivity (Wildman–Crippen MR) is 124 cm³/mol. The molecule has 0 atom stereocenters. The Bertz CT molecular complexity index is 1220. The van der Waals surface area contributed by atoms with Crippen molar-refractivity contribution >= 4 is 17.6 Å². The first-order valence-corrected chi connectivity index (χ1v) is 11.6. The van der Waals surface area contributed by atoms with Crippen LogP contribution in [-0.4, -0.2) is 37.1 Å². The molecule has 35 heavy (non-hydrogen) atoms. The summed E-state index contributed by atoms with van der Waals surface area (Å²) in [6, 6.07) is 4.61. The fourth-order valence-electron chi connectivity index (χ4n) is 4.42. The molecule has 6 nitrogen and oxygen atoms in total. The second kappa shape index (κ2) is 9.31. The molecule has 2 aromatic heterocycles. The Morgan fingerprint density at radius 1 is 1.26 bits per heavy atom. The topological polar surface area (TPSA) is 72.1 Å². The number of halogens is 5. The molecule has 188 valence electrons. The number of rotatable bonds is 5. The van der Waals surface area contributed by atoms with E-state index in [1.807, 2.05) is 0 Å². The highest BCUT2D eigenvalue weighted by atomic mass is 35.5. The molecule has 0 unspecified atom stereocenters. The first-order valence-electron chi connectivity index (χ1n) is 11.2. The number of aromatic nitrogens is 3. The van der Waals surface area contributed by atoms with Crippen molar-refractivity contribution in [2.24, 2.45) is 0 Å². The van der Waals surface area contributed by atoms with Crippen molar-refractivity contribution in [3.63, 3.8) is 0 Å². The second-order valence-corrected chi connectivity index (χ2v) is 9.79. The zero-order valence-corrected chi connectivity index (χ0v) is 19.9. The summed E-state index contributed by atoms with van der Waals surface area (Å²) >= 11 is 6.20. The van der Waals surface area contributed by atoms with Crippen LogP contribution in [0, 0.1) is 5.82 Å². The maximum atomic E-state index is 14.6. The van der Waals surface area contributed by atoms with E-state index in [-0.39, 0.29) is 33.4 Å². The average molecular weight is 513 g/mol. The smallest absolute Gasteiger partial charge is 0.389 e. The van der Waals surface area contributed by atoms with Gasteiger partial charge in [0.05, 0.1) is 29.1 Å². The summed E-state index contributed by atoms with van der Waals surface area (Å²) in [6.45, 7) is 2.30. The molecule has 3 aromatic rings. The molecule has 0 spiro atoms. The zero-order chi connectivity index (χ0) is 25.5.